The molecule has 1 aliphatic heterocycles. The van der Waals surface area contributed by atoms with Crippen LogP contribution in [-0.2, 0) is 11.0 Å². The molecule has 1 heterocycles. The molecule has 8 heteroatoms. The van der Waals surface area contributed by atoms with Crippen LogP contribution in [0, 0.1) is 5.82 Å². The molecule has 4 nitrogen and oxygen atoms in total. The second-order valence-electron chi connectivity index (χ2n) is 7.72. The number of rotatable bonds is 5. The summed E-state index contributed by atoms with van der Waals surface area (Å²) in [4.78, 5) is 16.4. The number of likely N-dealkylation sites (N-methyl/N-ethyl adjacent to an activating group) is 1. The molecule has 162 valence electrons. The molecule has 1 N–H and O–H groups in total. The fraction of sp³-hybridized carbons (Fsp3) is 0.409. The number of alkyl halides is 3. The summed E-state index contributed by atoms with van der Waals surface area (Å²) in [6.45, 7) is 4.62. The molecule has 1 aliphatic rings. The van der Waals surface area contributed by atoms with E-state index in [-0.39, 0.29) is 23.8 Å². The number of anilines is 2. The smallest absolute Gasteiger partial charge is 0.369 e. The monoisotopic (exact) mass is 423 g/mol. The first-order chi connectivity index (χ1) is 14.1. The van der Waals surface area contributed by atoms with Gasteiger partial charge in [-0.1, -0.05) is 19.1 Å². The van der Waals surface area contributed by atoms with Gasteiger partial charge in [0.2, 0.25) is 5.91 Å². The minimum atomic E-state index is -4.59. The molecule has 1 amide bonds. The van der Waals surface area contributed by atoms with Crippen LogP contribution in [0.4, 0.5) is 28.9 Å². The van der Waals surface area contributed by atoms with E-state index < -0.39 is 17.6 Å². The number of nitrogens with one attached hydrogen (secondary N) is 1. The Kier molecular flexibility index (Phi) is 6.65. The lowest BCUT2D eigenvalue weighted by Crippen LogP contribution is -2.44. The Morgan fingerprint density at radius 3 is 2.30 bits per heavy atom. The van der Waals surface area contributed by atoms with Gasteiger partial charge in [-0.05, 0) is 48.9 Å². The maximum atomic E-state index is 13.7. The number of nitrogens with zero attached hydrogens (tertiary/aromatic N) is 2. The summed E-state index contributed by atoms with van der Waals surface area (Å²) in [5, 5.41) is 2.41. The van der Waals surface area contributed by atoms with Crippen molar-refractivity contribution in [3.05, 3.63) is 59.4 Å². The summed E-state index contributed by atoms with van der Waals surface area (Å²) in [6, 6.07) is 9.75. The normalized spacial score (nSPS) is 16.4. The van der Waals surface area contributed by atoms with Gasteiger partial charge in [0, 0.05) is 38.3 Å². The highest BCUT2D eigenvalue weighted by Crippen LogP contribution is 2.38. The van der Waals surface area contributed by atoms with Gasteiger partial charge >= 0.3 is 6.18 Å². The van der Waals surface area contributed by atoms with Gasteiger partial charge in [0.1, 0.15) is 5.82 Å². The molecule has 0 spiro atoms. The minimum absolute atomic E-state index is 0.0108. The number of carbonyl (C=O) groups excluding carboxylic acids is 1. The molecule has 0 radical (unpaired) electrons. The van der Waals surface area contributed by atoms with E-state index in [1.165, 1.54) is 18.2 Å². The molecule has 1 atom stereocenters. The SMILES string of the molecule is CC(CC(=O)Nc1ccc(N2CCN(C)CC2)cc1C(F)(F)F)c1ccc(F)cc1. The largest absolute Gasteiger partial charge is 0.418 e. The first-order valence-corrected chi connectivity index (χ1v) is 9.83. The maximum absolute atomic E-state index is 13.7. The summed E-state index contributed by atoms with van der Waals surface area (Å²) < 4.78 is 54.0. The third-order valence-corrected chi connectivity index (χ3v) is 5.38. The van der Waals surface area contributed by atoms with Crippen LogP contribution in [0.3, 0.4) is 0 Å². The first-order valence-electron chi connectivity index (χ1n) is 9.83. The van der Waals surface area contributed by atoms with Crippen molar-refractivity contribution in [2.24, 2.45) is 0 Å². The van der Waals surface area contributed by atoms with Crippen molar-refractivity contribution in [2.75, 3.05) is 43.4 Å². The summed E-state index contributed by atoms with van der Waals surface area (Å²) in [7, 11) is 1.98. The van der Waals surface area contributed by atoms with Gasteiger partial charge in [-0.15, -0.1) is 0 Å². The van der Waals surface area contributed by atoms with Gasteiger partial charge in [-0.2, -0.15) is 13.2 Å². The van der Waals surface area contributed by atoms with E-state index in [0.717, 1.165) is 24.7 Å². The second kappa shape index (κ2) is 9.04. The van der Waals surface area contributed by atoms with Gasteiger partial charge < -0.3 is 15.1 Å². The van der Waals surface area contributed by atoms with E-state index in [1.54, 1.807) is 25.1 Å². The van der Waals surface area contributed by atoms with Crippen molar-refractivity contribution < 1.29 is 22.4 Å². The molecular weight excluding hydrogens is 398 g/mol. The fourth-order valence-electron chi connectivity index (χ4n) is 3.53. The molecule has 30 heavy (non-hydrogen) atoms. The molecule has 0 aliphatic carbocycles. The maximum Gasteiger partial charge on any atom is 0.418 e. The highest BCUT2D eigenvalue weighted by molar-refractivity contribution is 5.92. The third kappa shape index (κ3) is 5.50. The number of benzene rings is 2. The summed E-state index contributed by atoms with van der Waals surface area (Å²) >= 11 is 0. The average Bonchev–Trinajstić information content (AvgIpc) is 2.68. The zero-order chi connectivity index (χ0) is 21.9. The highest BCUT2D eigenvalue weighted by Gasteiger charge is 2.35. The summed E-state index contributed by atoms with van der Waals surface area (Å²) in [5.41, 5.74) is 0.125. The zero-order valence-corrected chi connectivity index (χ0v) is 17.0. The van der Waals surface area contributed by atoms with E-state index in [4.69, 9.17) is 0 Å². The zero-order valence-electron chi connectivity index (χ0n) is 17.0. The number of amides is 1. The summed E-state index contributed by atoms with van der Waals surface area (Å²) in [6.07, 6.45) is -4.60. The van der Waals surface area contributed by atoms with Gasteiger partial charge in [0.25, 0.3) is 0 Å². The van der Waals surface area contributed by atoms with Gasteiger partial charge in [-0.3, -0.25) is 4.79 Å². The van der Waals surface area contributed by atoms with Crippen molar-refractivity contribution >= 4 is 17.3 Å². The Hall–Kier alpha value is -2.61. The Labute approximate surface area is 173 Å². The van der Waals surface area contributed by atoms with Crippen molar-refractivity contribution in [1.29, 1.82) is 0 Å². The lowest BCUT2D eigenvalue weighted by Gasteiger charge is -2.34. The second-order valence-corrected chi connectivity index (χ2v) is 7.72. The van der Waals surface area contributed by atoms with E-state index in [2.05, 4.69) is 10.2 Å². The first kappa shape index (κ1) is 22.1. The van der Waals surface area contributed by atoms with Crippen molar-refractivity contribution in [2.45, 2.75) is 25.4 Å². The molecule has 3 rings (SSSR count). The van der Waals surface area contributed by atoms with Crippen LogP contribution in [0.2, 0.25) is 0 Å². The van der Waals surface area contributed by atoms with Gasteiger partial charge in [0.15, 0.2) is 0 Å². The molecule has 1 unspecified atom stereocenters. The molecule has 2 aromatic rings. The summed E-state index contributed by atoms with van der Waals surface area (Å²) in [5.74, 6) is -1.17. The van der Waals surface area contributed by atoms with Gasteiger partial charge in [-0.25, -0.2) is 4.39 Å². The van der Waals surface area contributed by atoms with E-state index in [9.17, 15) is 22.4 Å². The number of hydrogen-bond donors (Lipinski definition) is 1. The molecule has 0 saturated carbocycles. The molecular formula is C22H25F4N3O. The predicted molar refractivity (Wildman–Crippen MR) is 109 cm³/mol. The number of carbonyl (C=O) groups is 1. The predicted octanol–water partition coefficient (Wildman–Crippen LogP) is 4.73. The standard InChI is InChI=1S/C22H25F4N3O/c1-15(16-3-5-17(23)6-4-16)13-21(30)27-20-8-7-18(14-19(20)22(24,25)26)29-11-9-28(2)10-12-29/h3-8,14-15H,9-13H2,1-2H3,(H,27,30). The Morgan fingerprint density at radius 2 is 1.70 bits per heavy atom. The Balaban J connectivity index is 1.74. The fourth-order valence-corrected chi connectivity index (χ4v) is 3.53. The molecule has 1 saturated heterocycles. The van der Waals surface area contributed by atoms with Crippen LogP contribution >= 0.6 is 0 Å². The molecule has 0 bridgehead atoms. The van der Waals surface area contributed by atoms with Crippen molar-refractivity contribution in [3.63, 3.8) is 0 Å². The molecule has 0 aromatic heterocycles. The average molecular weight is 423 g/mol. The van der Waals surface area contributed by atoms with Crippen LogP contribution in [0.5, 0.6) is 0 Å². The number of halogens is 4. The van der Waals surface area contributed by atoms with E-state index in [0.29, 0.717) is 18.8 Å². The molecule has 2 aromatic carbocycles. The number of hydrogen-bond acceptors (Lipinski definition) is 3. The van der Waals surface area contributed by atoms with E-state index in [1.807, 2.05) is 11.9 Å². The van der Waals surface area contributed by atoms with Crippen molar-refractivity contribution in [1.82, 2.24) is 4.90 Å². The van der Waals surface area contributed by atoms with Crippen LogP contribution in [0.1, 0.15) is 30.4 Å². The minimum Gasteiger partial charge on any atom is -0.369 e. The topological polar surface area (TPSA) is 35.6 Å². The Morgan fingerprint density at radius 1 is 1.07 bits per heavy atom. The highest BCUT2D eigenvalue weighted by atomic mass is 19.4. The third-order valence-electron chi connectivity index (χ3n) is 5.38. The van der Waals surface area contributed by atoms with Crippen LogP contribution in [-0.4, -0.2) is 44.0 Å². The van der Waals surface area contributed by atoms with Crippen LogP contribution < -0.4 is 10.2 Å². The van der Waals surface area contributed by atoms with Crippen LogP contribution in [0.25, 0.3) is 0 Å². The number of piperazine rings is 1. The molecule has 1 fully saturated rings. The quantitative estimate of drug-likeness (QED) is 0.707. The van der Waals surface area contributed by atoms with Crippen LogP contribution in [0.15, 0.2) is 42.5 Å². The lowest BCUT2D eigenvalue weighted by molar-refractivity contribution is -0.136. The van der Waals surface area contributed by atoms with Crippen molar-refractivity contribution in [3.8, 4) is 0 Å². The van der Waals surface area contributed by atoms with E-state index >= 15 is 0 Å². The Bertz CT molecular complexity index is 875. The lowest BCUT2D eigenvalue weighted by atomic mass is 9.97. The van der Waals surface area contributed by atoms with Gasteiger partial charge in [0.05, 0.1) is 11.3 Å².